The maximum Gasteiger partial charge on any atom is 0.273 e. The fourth-order valence-electron chi connectivity index (χ4n) is 4.12. The van der Waals surface area contributed by atoms with Crippen molar-refractivity contribution in [2.75, 3.05) is 39.4 Å². The number of nitrogens with zero attached hydrogens (tertiary/aromatic N) is 3. The Labute approximate surface area is 159 Å². The molecule has 4 rings (SSSR count). The predicted octanol–water partition coefficient (Wildman–Crippen LogP) is 0.896. The van der Waals surface area contributed by atoms with Gasteiger partial charge < -0.3 is 19.4 Å². The van der Waals surface area contributed by atoms with Crippen molar-refractivity contribution in [3.8, 4) is 0 Å². The van der Waals surface area contributed by atoms with Crippen LogP contribution < -0.4 is 5.32 Å². The number of carbonyl (C=O) groups excluding carboxylic acids is 2. The maximum atomic E-state index is 12.7. The topological polar surface area (TPSA) is 87.9 Å². The second kappa shape index (κ2) is 8.39. The minimum Gasteiger partial charge on any atom is -0.451 e. The molecule has 3 heterocycles. The van der Waals surface area contributed by atoms with Crippen LogP contribution in [0.2, 0.25) is 0 Å². The van der Waals surface area contributed by atoms with E-state index in [1.165, 1.54) is 25.5 Å². The van der Waals surface area contributed by atoms with Crippen molar-refractivity contribution >= 4 is 11.8 Å². The van der Waals surface area contributed by atoms with E-state index in [-0.39, 0.29) is 23.9 Å². The van der Waals surface area contributed by atoms with E-state index in [9.17, 15) is 9.59 Å². The SMILES string of the molecule is O=C(NC[C@@H]1CC[C@H](CC(=O)N2CCOCC2)N1CC1CC1)c1cocn1. The van der Waals surface area contributed by atoms with E-state index in [1.807, 2.05) is 4.90 Å². The third-order valence-corrected chi connectivity index (χ3v) is 5.87. The minimum atomic E-state index is -0.206. The van der Waals surface area contributed by atoms with Crippen molar-refractivity contribution < 1.29 is 18.7 Å². The summed E-state index contributed by atoms with van der Waals surface area (Å²) in [6.45, 7) is 4.29. The molecule has 1 aromatic heterocycles. The summed E-state index contributed by atoms with van der Waals surface area (Å²) < 4.78 is 10.2. The van der Waals surface area contributed by atoms with Gasteiger partial charge in [0.15, 0.2) is 12.1 Å². The monoisotopic (exact) mass is 376 g/mol. The molecule has 1 aromatic rings. The molecule has 27 heavy (non-hydrogen) atoms. The van der Waals surface area contributed by atoms with E-state index in [4.69, 9.17) is 9.15 Å². The maximum absolute atomic E-state index is 12.7. The quantitative estimate of drug-likeness (QED) is 0.761. The van der Waals surface area contributed by atoms with Gasteiger partial charge in [0, 0.05) is 44.7 Å². The summed E-state index contributed by atoms with van der Waals surface area (Å²) in [6, 6.07) is 0.554. The highest BCUT2D eigenvalue weighted by Gasteiger charge is 2.38. The number of carbonyl (C=O) groups is 2. The second-order valence-corrected chi connectivity index (χ2v) is 7.81. The molecule has 1 aliphatic carbocycles. The van der Waals surface area contributed by atoms with Crippen LogP contribution >= 0.6 is 0 Å². The lowest BCUT2D eigenvalue weighted by molar-refractivity contribution is -0.136. The van der Waals surface area contributed by atoms with Crippen LogP contribution in [0.3, 0.4) is 0 Å². The molecule has 2 saturated heterocycles. The van der Waals surface area contributed by atoms with Crippen LogP contribution in [0, 0.1) is 5.92 Å². The number of oxazole rings is 1. The number of likely N-dealkylation sites (tertiary alicyclic amines) is 1. The zero-order chi connectivity index (χ0) is 18.6. The number of amides is 2. The second-order valence-electron chi connectivity index (χ2n) is 7.81. The molecule has 8 nitrogen and oxygen atoms in total. The summed E-state index contributed by atoms with van der Waals surface area (Å²) in [6.07, 6.45) is 7.75. The van der Waals surface area contributed by atoms with E-state index in [1.54, 1.807) is 0 Å². The van der Waals surface area contributed by atoms with Gasteiger partial charge in [-0.2, -0.15) is 0 Å². The molecular formula is C19H28N4O4. The Hall–Kier alpha value is -1.93. The Morgan fingerprint density at radius 2 is 1.93 bits per heavy atom. The number of ether oxygens (including phenoxy) is 1. The van der Waals surface area contributed by atoms with Crippen molar-refractivity contribution in [2.24, 2.45) is 5.92 Å². The van der Waals surface area contributed by atoms with E-state index in [0.717, 1.165) is 25.3 Å². The van der Waals surface area contributed by atoms with Crippen LogP contribution in [0.15, 0.2) is 17.1 Å². The van der Waals surface area contributed by atoms with Crippen molar-refractivity contribution in [3.05, 3.63) is 18.4 Å². The first-order valence-corrected chi connectivity index (χ1v) is 9.98. The third kappa shape index (κ3) is 4.68. The molecule has 1 saturated carbocycles. The fourth-order valence-corrected chi connectivity index (χ4v) is 4.12. The average molecular weight is 376 g/mol. The van der Waals surface area contributed by atoms with Crippen LogP contribution in [0.4, 0.5) is 0 Å². The Balaban J connectivity index is 1.33. The molecule has 1 N–H and O–H groups in total. The molecule has 2 aliphatic heterocycles. The standard InChI is InChI=1S/C19H28N4O4/c24-18(22-5-7-26-8-6-22)9-15-3-4-16(23(15)11-14-1-2-14)10-20-19(25)17-12-27-13-21-17/h12-16H,1-11H2,(H,20,25)/t15-,16+/m1/s1. The fraction of sp³-hybridized carbons (Fsp3) is 0.737. The Morgan fingerprint density at radius 1 is 1.15 bits per heavy atom. The highest BCUT2D eigenvalue weighted by atomic mass is 16.5. The zero-order valence-corrected chi connectivity index (χ0v) is 15.6. The van der Waals surface area contributed by atoms with E-state index in [0.29, 0.717) is 45.0 Å². The zero-order valence-electron chi connectivity index (χ0n) is 15.6. The average Bonchev–Trinajstić information content (AvgIpc) is 3.19. The summed E-state index contributed by atoms with van der Waals surface area (Å²) in [5, 5.41) is 2.97. The van der Waals surface area contributed by atoms with E-state index >= 15 is 0 Å². The molecule has 3 aliphatic rings. The Kier molecular flexibility index (Phi) is 5.73. The summed E-state index contributed by atoms with van der Waals surface area (Å²) in [5.41, 5.74) is 0.306. The van der Waals surface area contributed by atoms with Gasteiger partial charge in [0.1, 0.15) is 6.26 Å². The normalized spacial score (nSPS) is 26.3. The first kappa shape index (κ1) is 18.4. The van der Waals surface area contributed by atoms with Crippen LogP contribution in [0.25, 0.3) is 0 Å². The lowest BCUT2D eigenvalue weighted by atomic mass is 10.1. The number of rotatable bonds is 7. The van der Waals surface area contributed by atoms with Crippen LogP contribution in [-0.4, -0.2) is 78.1 Å². The Bertz CT molecular complexity index is 640. The molecule has 0 spiro atoms. The van der Waals surface area contributed by atoms with Crippen molar-refractivity contribution in [2.45, 2.75) is 44.2 Å². The smallest absolute Gasteiger partial charge is 0.273 e. The molecule has 8 heteroatoms. The lowest BCUT2D eigenvalue weighted by Gasteiger charge is -2.33. The van der Waals surface area contributed by atoms with Gasteiger partial charge in [-0.3, -0.25) is 14.5 Å². The molecule has 0 aromatic carbocycles. The van der Waals surface area contributed by atoms with Gasteiger partial charge in [-0.1, -0.05) is 0 Å². The molecule has 2 amide bonds. The summed E-state index contributed by atoms with van der Waals surface area (Å²) in [5.74, 6) is 0.775. The predicted molar refractivity (Wildman–Crippen MR) is 97.1 cm³/mol. The largest absolute Gasteiger partial charge is 0.451 e. The first-order valence-electron chi connectivity index (χ1n) is 9.98. The number of aromatic nitrogens is 1. The summed E-state index contributed by atoms with van der Waals surface area (Å²) in [4.78, 5) is 33.1. The molecule has 0 bridgehead atoms. The van der Waals surface area contributed by atoms with Crippen molar-refractivity contribution in [1.82, 2.24) is 20.1 Å². The highest BCUT2D eigenvalue weighted by molar-refractivity contribution is 5.91. The van der Waals surface area contributed by atoms with Gasteiger partial charge >= 0.3 is 0 Å². The van der Waals surface area contributed by atoms with Gasteiger partial charge in [0.25, 0.3) is 5.91 Å². The van der Waals surface area contributed by atoms with Crippen molar-refractivity contribution in [3.63, 3.8) is 0 Å². The van der Waals surface area contributed by atoms with Gasteiger partial charge in [-0.05, 0) is 31.6 Å². The number of hydrogen-bond acceptors (Lipinski definition) is 6. The molecule has 3 fully saturated rings. The van der Waals surface area contributed by atoms with Crippen LogP contribution in [0.1, 0.15) is 42.6 Å². The summed E-state index contributed by atoms with van der Waals surface area (Å²) in [7, 11) is 0. The van der Waals surface area contributed by atoms with Gasteiger partial charge in [0.05, 0.1) is 13.2 Å². The molecular weight excluding hydrogens is 348 g/mol. The number of morpholine rings is 1. The van der Waals surface area contributed by atoms with Gasteiger partial charge in [-0.15, -0.1) is 0 Å². The van der Waals surface area contributed by atoms with E-state index in [2.05, 4.69) is 15.2 Å². The Morgan fingerprint density at radius 3 is 2.63 bits per heavy atom. The minimum absolute atomic E-state index is 0.206. The first-order chi connectivity index (χ1) is 13.2. The lowest BCUT2D eigenvalue weighted by Crippen LogP contribution is -2.47. The molecule has 148 valence electrons. The highest BCUT2D eigenvalue weighted by Crippen LogP contribution is 2.35. The van der Waals surface area contributed by atoms with Gasteiger partial charge in [-0.25, -0.2) is 4.98 Å². The number of nitrogens with one attached hydrogen (secondary N) is 1. The molecule has 0 unspecified atom stereocenters. The van der Waals surface area contributed by atoms with Crippen molar-refractivity contribution in [1.29, 1.82) is 0 Å². The molecule has 0 radical (unpaired) electrons. The van der Waals surface area contributed by atoms with E-state index < -0.39 is 0 Å². The third-order valence-electron chi connectivity index (χ3n) is 5.87. The van der Waals surface area contributed by atoms with Crippen LogP contribution in [-0.2, 0) is 9.53 Å². The van der Waals surface area contributed by atoms with Gasteiger partial charge in [0.2, 0.25) is 5.91 Å². The molecule has 2 atom stereocenters. The number of hydrogen-bond donors (Lipinski definition) is 1. The van der Waals surface area contributed by atoms with Crippen LogP contribution in [0.5, 0.6) is 0 Å². The summed E-state index contributed by atoms with van der Waals surface area (Å²) >= 11 is 0.